The van der Waals surface area contributed by atoms with Gasteiger partial charge in [0.2, 0.25) is 0 Å². The summed E-state index contributed by atoms with van der Waals surface area (Å²) in [4.78, 5) is 10.6. The summed E-state index contributed by atoms with van der Waals surface area (Å²) in [5.41, 5.74) is 3.53. The summed E-state index contributed by atoms with van der Waals surface area (Å²) in [5.74, 6) is 0.935. The molecule has 0 spiro atoms. The Morgan fingerprint density at radius 1 is 1.21 bits per heavy atom. The van der Waals surface area contributed by atoms with Gasteiger partial charge in [0.25, 0.3) is 0 Å². The van der Waals surface area contributed by atoms with E-state index in [0.29, 0.717) is 0 Å². The fourth-order valence-electron chi connectivity index (χ4n) is 2.21. The van der Waals surface area contributed by atoms with Gasteiger partial charge in [-0.3, -0.25) is 0 Å². The van der Waals surface area contributed by atoms with Crippen LogP contribution in [0.4, 0.5) is 0 Å². The molecule has 1 N–H and O–H groups in total. The lowest BCUT2D eigenvalue weighted by molar-refractivity contribution is 0.705. The molecular formula is C15H21N3S. The Balaban J connectivity index is 2.12. The fraction of sp³-hybridized carbons (Fsp3) is 0.467. The van der Waals surface area contributed by atoms with Gasteiger partial charge in [0.1, 0.15) is 5.82 Å². The van der Waals surface area contributed by atoms with Crippen molar-refractivity contribution in [2.45, 2.75) is 33.6 Å². The highest BCUT2D eigenvalue weighted by molar-refractivity contribution is 7.09. The van der Waals surface area contributed by atoms with Gasteiger partial charge in [0, 0.05) is 22.7 Å². The number of aromatic nitrogens is 2. The average Bonchev–Trinajstić information content (AvgIpc) is 2.85. The molecule has 0 aliphatic carbocycles. The van der Waals surface area contributed by atoms with Crippen molar-refractivity contribution in [2.24, 2.45) is 0 Å². The maximum absolute atomic E-state index is 4.66. The van der Waals surface area contributed by atoms with E-state index in [0.717, 1.165) is 43.1 Å². The monoisotopic (exact) mass is 275 g/mol. The molecule has 0 fully saturated rings. The second kappa shape index (κ2) is 6.78. The first kappa shape index (κ1) is 14.2. The molecule has 2 aromatic rings. The standard InChI is InChI=1S/C15H21N3S/c1-4-16-8-7-14-11(2)17-15(18-12(14)3)10-13-6-5-9-19-13/h5-6,9,16H,4,7-8,10H2,1-3H3. The van der Waals surface area contributed by atoms with Gasteiger partial charge >= 0.3 is 0 Å². The highest BCUT2D eigenvalue weighted by atomic mass is 32.1. The molecule has 2 rings (SSSR count). The lowest BCUT2D eigenvalue weighted by Crippen LogP contribution is -2.18. The van der Waals surface area contributed by atoms with Crippen molar-refractivity contribution in [3.8, 4) is 0 Å². The number of nitrogens with one attached hydrogen (secondary N) is 1. The highest BCUT2D eigenvalue weighted by Crippen LogP contribution is 2.16. The molecule has 19 heavy (non-hydrogen) atoms. The first-order chi connectivity index (χ1) is 9.20. The van der Waals surface area contributed by atoms with Gasteiger partial charge in [-0.2, -0.15) is 0 Å². The van der Waals surface area contributed by atoms with E-state index in [4.69, 9.17) is 0 Å². The zero-order valence-electron chi connectivity index (χ0n) is 11.9. The summed E-state index contributed by atoms with van der Waals surface area (Å²) in [6.45, 7) is 8.31. The quantitative estimate of drug-likeness (QED) is 0.824. The maximum atomic E-state index is 4.66. The first-order valence-corrected chi connectivity index (χ1v) is 7.64. The van der Waals surface area contributed by atoms with Crippen LogP contribution in [0.3, 0.4) is 0 Å². The number of aryl methyl sites for hydroxylation is 2. The van der Waals surface area contributed by atoms with Gasteiger partial charge in [-0.1, -0.05) is 13.0 Å². The van der Waals surface area contributed by atoms with Crippen LogP contribution in [-0.2, 0) is 12.8 Å². The van der Waals surface area contributed by atoms with Crippen molar-refractivity contribution in [2.75, 3.05) is 13.1 Å². The van der Waals surface area contributed by atoms with Gasteiger partial charge in [-0.05, 0) is 50.4 Å². The Bertz CT molecular complexity index is 497. The number of rotatable bonds is 6. The topological polar surface area (TPSA) is 37.8 Å². The van der Waals surface area contributed by atoms with E-state index in [1.165, 1.54) is 10.4 Å². The minimum Gasteiger partial charge on any atom is -0.317 e. The van der Waals surface area contributed by atoms with E-state index >= 15 is 0 Å². The van der Waals surface area contributed by atoms with Gasteiger partial charge in [-0.15, -0.1) is 11.3 Å². The van der Waals surface area contributed by atoms with E-state index in [2.05, 4.69) is 53.6 Å². The molecule has 4 heteroatoms. The molecule has 0 aromatic carbocycles. The molecule has 0 amide bonds. The predicted molar refractivity (Wildman–Crippen MR) is 80.9 cm³/mol. The maximum Gasteiger partial charge on any atom is 0.134 e. The fourth-order valence-corrected chi connectivity index (χ4v) is 2.91. The molecule has 0 atom stereocenters. The minimum atomic E-state index is 0.840. The molecule has 0 bridgehead atoms. The van der Waals surface area contributed by atoms with Gasteiger partial charge in [-0.25, -0.2) is 9.97 Å². The number of hydrogen-bond acceptors (Lipinski definition) is 4. The van der Waals surface area contributed by atoms with Crippen LogP contribution in [0.1, 0.15) is 34.6 Å². The lowest BCUT2D eigenvalue weighted by Gasteiger charge is -2.10. The SMILES string of the molecule is CCNCCc1c(C)nc(Cc2cccs2)nc1C. The molecule has 2 heterocycles. The second-order valence-corrected chi connectivity index (χ2v) is 5.68. The zero-order chi connectivity index (χ0) is 13.7. The Kier molecular flexibility index (Phi) is 5.05. The molecule has 0 aliphatic heterocycles. The molecule has 102 valence electrons. The first-order valence-electron chi connectivity index (χ1n) is 6.76. The Morgan fingerprint density at radius 2 is 1.95 bits per heavy atom. The van der Waals surface area contributed by atoms with Crippen LogP contribution >= 0.6 is 11.3 Å². The van der Waals surface area contributed by atoms with E-state index < -0.39 is 0 Å². The molecular weight excluding hydrogens is 254 g/mol. The molecule has 0 radical (unpaired) electrons. The third-order valence-electron chi connectivity index (χ3n) is 3.18. The number of likely N-dealkylation sites (N-methyl/N-ethyl adjacent to an activating group) is 1. The lowest BCUT2D eigenvalue weighted by atomic mass is 10.1. The minimum absolute atomic E-state index is 0.840. The van der Waals surface area contributed by atoms with Gasteiger partial charge in [0.05, 0.1) is 0 Å². The van der Waals surface area contributed by atoms with E-state index in [-0.39, 0.29) is 0 Å². The number of nitrogens with zero attached hydrogens (tertiary/aromatic N) is 2. The third kappa shape index (κ3) is 3.85. The molecule has 0 saturated heterocycles. The van der Waals surface area contributed by atoms with Crippen LogP contribution in [0.25, 0.3) is 0 Å². The van der Waals surface area contributed by atoms with Crippen molar-refractivity contribution in [3.05, 3.63) is 45.2 Å². The van der Waals surface area contributed by atoms with Crippen LogP contribution in [0.15, 0.2) is 17.5 Å². The van der Waals surface area contributed by atoms with Crippen LogP contribution < -0.4 is 5.32 Å². The van der Waals surface area contributed by atoms with Crippen LogP contribution in [0.2, 0.25) is 0 Å². The normalized spacial score (nSPS) is 10.9. The van der Waals surface area contributed by atoms with E-state index in [1.807, 2.05) is 0 Å². The van der Waals surface area contributed by atoms with E-state index in [9.17, 15) is 0 Å². The van der Waals surface area contributed by atoms with Crippen LogP contribution in [-0.4, -0.2) is 23.1 Å². The molecule has 0 aliphatic rings. The number of thiophene rings is 1. The Labute approximate surface area is 119 Å². The predicted octanol–water partition coefficient (Wildman–Crippen LogP) is 2.90. The smallest absolute Gasteiger partial charge is 0.134 e. The van der Waals surface area contributed by atoms with E-state index in [1.54, 1.807) is 11.3 Å². The summed E-state index contributed by atoms with van der Waals surface area (Å²) in [6.07, 6.45) is 1.84. The van der Waals surface area contributed by atoms with Crippen molar-refractivity contribution in [1.29, 1.82) is 0 Å². The zero-order valence-corrected chi connectivity index (χ0v) is 12.7. The Hall–Kier alpha value is -1.26. The molecule has 0 unspecified atom stereocenters. The third-order valence-corrected chi connectivity index (χ3v) is 4.06. The molecule has 0 saturated carbocycles. The largest absolute Gasteiger partial charge is 0.317 e. The average molecular weight is 275 g/mol. The van der Waals surface area contributed by atoms with Crippen LogP contribution in [0, 0.1) is 13.8 Å². The van der Waals surface area contributed by atoms with Crippen molar-refractivity contribution in [1.82, 2.24) is 15.3 Å². The summed E-state index contributed by atoms with van der Waals surface area (Å²) in [7, 11) is 0. The molecule has 3 nitrogen and oxygen atoms in total. The van der Waals surface area contributed by atoms with Crippen molar-refractivity contribution in [3.63, 3.8) is 0 Å². The van der Waals surface area contributed by atoms with Gasteiger partial charge in [0.15, 0.2) is 0 Å². The molecule has 2 aromatic heterocycles. The van der Waals surface area contributed by atoms with Crippen molar-refractivity contribution < 1.29 is 0 Å². The summed E-state index contributed by atoms with van der Waals surface area (Å²) < 4.78 is 0. The number of hydrogen-bond donors (Lipinski definition) is 1. The van der Waals surface area contributed by atoms with Gasteiger partial charge < -0.3 is 5.32 Å². The van der Waals surface area contributed by atoms with Crippen molar-refractivity contribution >= 4 is 11.3 Å². The summed E-state index contributed by atoms with van der Waals surface area (Å²) >= 11 is 1.76. The highest BCUT2D eigenvalue weighted by Gasteiger charge is 2.09. The second-order valence-electron chi connectivity index (χ2n) is 4.65. The Morgan fingerprint density at radius 3 is 2.53 bits per heavy atom. The summed E-state index contributed by atoms with van der Waals surface area (Å²) in [6, 6.07) is 4.21. The summed E-state index contributed by atoms with van der Waals surface area (Å²) in [5, 5.41) is 5.45. The van der Waals surface area contributed by atoms with Crippen LogP contribution in [0.5, 0.6) is 0 Å².